The molecule has 0 spiro atoms. The lowest BCUT2D eigenvalue weighted by atomic mass is 10.0. The molecule has 0 atom stereocenters. The highest BCUT2D eigenvalue weighted by Gasteiger charge is 2.34. The molecule has 1 aromatic carbocycles. The lowest BCUT2D eigenvalue weighted by molar-refractivity contribution is -0.153. The third kappa shape index (κ3) is 3.92. The third-order valence-electron chi connectivity index (χ3n) is 3.31. The number of benzene rings is 1. The normalized spacial score (nSPS) is 11.4. The second-order valence-electron chi connectivity index (χ2n) is 5.08. The van der Waals surface area contributed by atoms with E-state index in [-0.39, 0.29) is 0 Å². The second kappa shape index (κ2) is 6.21. The molecule has 1 rings (SSSR count). The summed E-state index contributed by atoms with van der Waals surface area (Å²) in [7, 11) is 1.43. The molecule has 0 fully saturated rings. The minimum atomic E-state index is -1.29. The van der Waals surface area contributed by atoms with Crippen molar-refractivity contribution in [1.82, 2.24) is 4.90 Å². The van der Waals surface area contributed by atoms with Crippen molar-refractivity contribution in [3.8, 4) is 0 Å². The van der Waals surface area contributed by atoms with Crippen molar-refractivity contribution in [3.05, 3.63) is 41.5 Å². The van der Waals surface area contributed by atoms with Crippen LogP contribution in [0.1, 0.15) is 29.8 Å². The first kappa shape index (κ1) is 16.4. The summed E-state index contributed by atoms with van der Waals surface area (Å²) in [6.07, 6.45) is 2.82. The summed E-state index contributed by atoms with van der Waals surface area (Å²) < 4.78 is 0. The van der Waals surface area contributed by atoms with Gasteiger partial charge in [0.25, 0.3) is 0 Å². The van der Waals surface area contributed by atoms with Gasteiger partial charge in [0, 0.05) is 18.7 Å². The largest absolute Gasteiger partial charge is 0.480 e. The number of likely N-dealkylation sites (N-methyl/N-ethyl adjacent to an activating group) is 1. The fourth-order valence-electron chi connectivity index (χ4n) is 1.46. The highest BCUT2D eigenvalue weighted by Crippen LogP contribution is 2.13. The maximum absolute atomic E-state index is 11.9. The Morgan fingerprint density at radius 1 is 1.19 bits per heavy atom. The molecule has 1 aromatic rings. The molecule has 0 saturated heterocycles. The molecule has 0 unspecified atom stereocenters. The number of carbonyl (C=O) groups is 3. The third-order valence-corrected chi connectivity index (χ3v) is 3.31. The zero-order valence-corrected chi connectivity index (χ0v) is 12.2. The van der Waals surface area contributed by atoms with E-state index in [1.807, 2.05) is 0 Å². The van der Waals surface area contributed by atoms with E-state index in [2.05, 4.69) is 0 Å². The van der Waals surface area contributed by atoms with Crippen LogP contribution in [0.4, 0.5) is 0 Å². The number of hydrogen-bond acceptors (Lipinski definition) is 3. The highest BCUT2D eigenvalue weighted by atomic mass is 16.4. The number of carbonyl (C=O) groups excluding carboxylic acids is 2. The van der Waals surface area contributed by atoms with Gasteiger partial charge in [-0.2, -0.15) is 0 Å². The van der Waals surface area contributed by atoms with Crippen LogP contribution in [0.2, 0.25) is 0 Å². The van der Waals surface area contributed by atoms with E-state index in [1.165, 1.54) is 27.0 Å². The average Bonchev–Trinajstić information content (AvgIpc) is 2.44. The number of nitrogens with two attached hydrogens (primary N) is 1. The second-order valence-corrected chi connectivity index (χ2v) is 5.08. The predicted molar refractivity (Wildman–Crippen MR) is 78.5 cm³/mol. The zero-order valence-electron chi connectivity index (χ0n) is 12.2. The van der Waals surface area contributed by atoms with E-state index in [4.69, 9.17) is 10.8 Å². The van der Waals surface area contributed by atoms with Gasteiger partial charge in [-0.05, 0) is 37.6 Å². The van der Waals surface area contributed by atoms with Crippen molar-refractivity contribution in [1.29, 1.82) is 0 Å². The van der Waals surface area contributed by atoms with Gasteiger partial charge in [0.05, 0.1) is 0 Å². The molecule has 0 saturated carbocycles. The number of carboxylic acids is 1. The number of rotatable bonds is 5. The molecule has 0 heterocycles. The standard InChI is InChI=1S/C15H18N2O4/c1-15(2,14(20)21)17(3)12(18)9-6-10-4-7-11(8-5-10)13(16)19/h4-9H,1-3H3,(H2,16,19)(H,20,21). The van der Waals surface area contributed by atoms with Gasteiger partial charge in [0.15, 0.2) is 0 Å². The first-order valence-corrected chi connectivity index (χ1v) is 6.25. The fourth-order valence-corrected chi connectivity index (χ4v) is 1.46. The van der Waals surface area contributed by atoms with E-state index >= 15 is 0 Å². The summed E-state index contributed by atoms with van der Waals surface area (Å²) in [5.41, 5.74) is 4.92. The van der Waals surface area contributed by atoms with Crippen LogP contribution in [0.5, 0.6) is 0 Å². The number of aliphatic carboxylic acids is 1. The number of nitrogens with zero attached hydrogens (tertiary/aromatic N) is 1. The number of amides is 2. The lowest BCUT2D eigenvalue weighted by Crippen LogP contribution is -2.50. The fraction of sp³-hybridized carbons (Fsp3) is 0.267. The van der Waals surface area contributed by atoms with E-state index < -0.39 is 23.3 Å². The number of carboxylic acid groups (broad SMARTS) is 1. The monoisotopic (exact) mass is 290 g/mol. The van der Waals surface area contributed by atoms with Crippen LogP contribution < -0.4 is 5.73 Å². The van der Waals surface area contributed by atoms with Gasteiger partial charge in [-0.1, -0.05) is 12.1 Å². The molecule has 6 heteroatoms. The Labute approximate surface area is 122 Å². The van der Waals surface area contributed by atoms with Gasteiger partial charge < -0.3 is 15.7 Å². The van der Waals surface area contributed by atoms with E-state index in [1.54, 1.807) is 30.3 Å². The van der Waals surface area contributed by atoms with Gasteiger partial charge in [0.2, 0.25) is 11.8 Å². The van der Waals surface area contributed by atoms with Crippen LogP contribution in [0.15, 0.2) is 30.3 Å². The van der Waals surface area contributed by atoms with E-state index in [0.717, 1.165) is 4.90 Å². The number of primary amides is 1. The maximum atomic E-state index is 11.9. The summed E-state index contributed by atoms with van der Waals surface area (Å²) in [5, 5.41) is 9.07. The molecular weight excluding hydrogens is 272 g/mol. The molecule has 0 aliphatic rings. The van der Waals surface area contributed by atoms with Crippen molar-refractivity contribution >= 4 is 23.9 Å². The van der Waals surface area contributed by atoms with Crippen molar-refractivity contribution in [2.75, 3.05) is 7.05 Å². The minimum absolute atomic E-state index is 0.377. The van der Waals surface area contributed by atoms with Crippen LogP contribution in [0.25, 0.3) is 6.08 Å². The Morgan fingerprint density at radius 3 is 2.14 bits per heavy atom. The molecular formula is C15H18N2O4. The Balaban J connectivity index is 2.83. The molecule has 0 aliphatic carbocycles. The molecule has 21 heavy (non-hydrogen) atoms. The van der Waals surface area contributed by atoms with Gasteiger partial charge in [-0.25, -0.2) is 4.79 Å². The van der Waals surface area contributed by atoms with Gasteiger partial charge in [-0.3, -0.25) is 9.59 Å². The van der Waals surface area contributed by atoms with Crippen molar-refractivity contribution < 1.29 is 19.5 Å². The Hall–Kier alpha value is -2.63. The topological polar surface area (TPSA) is 101 Å². The molecule has 0 radical (unpaired) electrons. The molecule has 6 nitrogen and oxygen atoms in total. The van der Waals surface area contributed by atoms with E-state index in [0.29, 0.717) is 11.1 Å². The first-order chi connectivity index (χ1) is 9.66. The Kier molecular flexibility index (Phi) is 4.86. The molecule has 0 bridgehead atoms. The summed E-state index contributed by atoms with van der Waals surface area (Å²) in [5.74, 6) is -2.04. The van der Waals surface area contributed by atoms with Gasteiger partial charge >= 0.3 is 5.97 Å². The summed E-state index contributed by atoms with van der Waals surface area (Å²) in [6, 6.07) is 6.40. The molecule has 112 valence electrons. The highest BCUT2D eigenvalue weighted by molar-refractivity contribution is 5.96. The maximum Gasteiger partial charge on any atom is 0.329 e. The molecule has 3 N–H and O–H groups in total. The first-order valence-electron chi connectivity index (χ1n) is 6.25. The van der Waals surface area contributed by atoms with Gasteiger partial charge in [-0.15, -0.1) is 0 Å². The lowest BCUT2D eigenvalue weighted by Gasteiger charge is -2.30. The van der Waals surface area contributed by atoms with Gasteiger partial charge in [0.1, 0.15) is 5.54 Å². The SMILES string of the molecule is CN(C(=O)C=Cc1ccc(C(N)=O)cc1)C(C)(C)C(=O)O. The quantitative estimate of drug-likeness (QED) is 0.793. The Bertz CT molecular complexity index is 588. The molecule has 0 aromatic heterocycles. The van der Waals surface area contributed by atoms with Crippen LogP contribution >= 0.6 is 0 Å². The van der Waals surface area contributed by atoms with Crippen molar-refractivity contribution in [2.45, 2.75) is 19.4 Å². The van der Waals surface area contributed by atoms with Crippen LogP contribution in [0.3, 0.4) is 0 Å². The molecule has 2 amide bonds. The average molecular weight is 290 g/mol. The van der Waals surface area contributed by atoms with E-state index in [9.17, 15) is 14.4 Å². The summed E-state index contributed by atoms with van der Waals surface area (Å²) in [4.78, 5) is 35.1. The zero-order chi connectivity index (χ0) is 16.2. The van der Waals surface area contributed by atoms with Crippen molar-refractivity contribution in [3.63, 3.8) is 0 Å². The smallest absolute Gasteiger partial charge is 0.329 e. The number of hydrogen-bond donors (Lipinski definition) is 2. The van der Waals surface area contributed by atoms with Crippen LogP contribution in [-0.2, 0) is 9.59 Å². The summed E-state index contributed by atoms with van der Waals surface area (Å²) >= 11 is 0. The van der Waals surface area contributed by atoms with Crippen LogP contribution in [-0.4, -0.2) is 40.4 Å². The minimum Gasteiger partial charge on any atom is -0.480 e. The Morgan fingerprint density at radius 2 is 1.71 bits per heavy atom. The summed E-state index contributed by atoms with van der Waals surface area (Å²) in [6.45, 7) is 2.89. The molecule has 0 aliphatic heterocycles. The van der Waals surface area contributed by atoms with Crippen LogP contribution in [0, 0.1) is 0 Å². The van der Waals surface area contributed by atoms with Crippen molar-refractivity contribution in [2.24, 2.45) is 5.73 Å². The predicted octanol–water partition coefficient (Wildman–Crippen LogP) is 1.12.